The lowest BCUT2D eigenvalue weighted by Gasteiger charge is -2.12. The van der Waals surface area contributed by atoms with Gasteiger partial charge in [-0.2, -0.15) is 0 Å². The molecule has 0 aromatic heterocycles. The number of amides is 1. The van der Waals surface area contributed by atoms with E-state index in [-0.39, 0.29) is 5.91 Å². The Morgan fingerprint density at radius 3 is 2.71 bits per heavy atom. The number of anilines is 1. The summed E-state index contributed by atoms with van der Waals surface area (Å²) in [6.45, 7) is 2.47. The Morgan fingerprint density at radius 2 is 2.00 bits per heavy atom. The molecule has 4 nitrogen and oxygen atoms in total. The van der Waals surface area contributed by atoms with Gasteiger partial charge in [-0.25, -0.2) is 0 Å². The SMILES string of the molecule is CCOc1c(Br)cc(C=C2C(=O)N(C)c3ccccc32)cc1OC. The molecule has 0 saturated carbocycles. The first kappa shape index (κ1) is 16.6. The van der Waals surface area contributed by atoms with Crippen LogP contribution in [0.15, 0.2) is 40.9 Å². The highest BCUT2D eigenvalue weighted by molar-refractivity contribution is 9.10. The van der Waals surface area contributed by atoms with Gasteiger partial charge in [-0.05, 0) is 52.7 Å². The smallest absolute Gasteiger partial charge is 0.258 e. The number of halogens is 1. The van der Waals surface area contributed by atoms with Crippen LogP contribution in [-0.4, -0.2) is 26.7 Å². The third-order valence-electron chi connectivity index (χ3n) is 3.94. The number of carbonyl (C=O) groups is 1. The van der Waals surface area contributed by atoms with Crippen LogP contribution >= 0.6 is 15.9 Å². The lowest BCUT2D eigenvalue weighted by molar-refractivity contribution is -0.112. The van der Waals surface area contributed by atoms with E-state index in [0.717, 1.165) is 21.3 Å². The maximum absolute atomic E-state index is 12.6. The topological polar surface area (TPSA) is 38.8 Å². The van der Waals surface area contributed by atoms with Crippen LogP contribution in [0.1, 0.15) is 18.1 Å². The Morgan fingerprint density at radius 1 is 1.25 bits per heavy atom. The molecule has 0 N–H and O–H groups in total. The quantitative estimate of drug-likeness (QED) is 0.730. The average molecular weight is 388 g/mol. The third kappa shape index (κ3) is 2.80. The molecule has 2 aromatic carbocycles. The van der Waals surface area contributed by atoms with Crippen LogP contribution in [0.5, 0.6) is 11.5 Å². The summed E-state index contributed by atoms with van der Waals surface area (Å²) in [6.07, 6.45) is 1.88. The van der Waals surface area contributed by atoms with Crippen LogP contribution in [-0.2, 0) is 4.79 Å². The number of methoxy groups -OCH3 is 1. The second-order valence-corrected chi connectivity index (χ2v) is 6.26. The highest BCUT2D eigenvalue weighted by Gasteiger charge is 2.29. The fourth-order valence-corrected chi connectivity index (χ4v) is 3.39. The van der Waals surface area contributed by atoms with E-state index in [1.54, 1.807) is 19.1 Å². The number of fused-ring (bicyclic) bond motifs is 1. The number of likely N-dealkylation sites (N-methyl/N-ethyl adjacent to an activating group) is 1. The van der Waals surface area contributed by atoms with E-state index in [0.29, 0.717) is 23.7 Å². The van der Waals surface area contributed by atoms with Gasteiger partial charge in [0.1, 0.15) is 0 Å². The summed E-state index contributed by atoms with van der Waals surface area (Å²) in [6, 6.07) is 11.6. The molecule has 0 saturated heterocycles. The van der Waals surface area contributed by atoms with E-state index in [1.165, 1.54) is 0 Å². The number of hydrogen-bond donors (Lipinski definition) is 0. The molecule has 2 aromatic rings. The van der Waals surface area contributed by atoms with Gasteiger partial charge in [0, 0.05) is 18.2 Å². The zero-order valence-corrected chi connectivity index (χ0v) is 15.4. The molecule has 0 unspecified atom stereocenters. The highest BCUT2D eigenvalue weighted by Crippen LogP contribution is 2.40. The van der Waals surface area contributed by atoms with E-state index in [4.69, 9.17) is 9.47 Å². The second kappa shape index (κ2) is 6.69. The lowest BCUT2D eigenvalue weighted by atomic mass is 10.0. The molecule has 0 spiro atoms. The number of para-hydroxylation sites is 1. The molecule has 1 aliphatic rings. The lowest BCUT2D eigenvalue weighted by Crippen LogP contribution is -2.20. The van der Waals surface area contributed by atoms with Crippen LogP contribution in [0.2, 0.25) is 0 Å². The maximum Gasteiger partial charge on any atom is 0.258 e. The van der Waals surface area contributed by atoms with E-state index in [1.807, 2.05) is 49.4 Å². The van der Waals surface area contributed by atoms with E-state index in [2.05, 4.69) is 15.9 Å². The number of hydrogen-bond acceptors (Lipinski definition) is 3. The average Bonchev–Trinajstić information content (AvgIpc) is 2.82. The molecule has 0 aliphatic carbocycles. The fourth-order valence-electron chi connectivity index (χ4n) is 2.81. The molecule has 3 rings (SSSR count). The monoisotopic (exact) mass is 387 g/mol. The van der Waals surface area contributed by atoms with Crippen molar-refractivity contribution in [2.75, 3.05) is 25.7 Å². The number of rotatable bonds is 4. The first-order chi connectivity index (χ1) is 11.6. The van der Waals surface area contributed by atoms with Gasteiger partial charge in [0.05, 0.1) is 23.9 Å². The first-order valence-corrected chi connectivity index (χ1v) is 8.45. The molecular formula is C19H18BrNO3. The van der Waals surface area contributed by atoms with Crippen LogP contribution < -0.4 is 14.4 Å². The zero-order valence-electron chi connectivity index (χ0n) is 13.8. The number of carbonyl (C=O) groups excluding carboxylic acids is 1. The molecule has 1 aliphatic heterocycles. The summed E-state index contributed by atoms with van der Waals surface area (Å²) >= 11 is 3.52. The van der Waals surface area contributed by atoms with Gasteiger partial charge < -0.3 is 14.4 Å². The van der Waals surface area contributed by atoms with Crippen molar-refractivity contribution < 1.29 is 14.3 Å². The van der Waals surface area contributed by atoms with Crippen LogP contribution in [0, 0.1) is 0 Å². The molecule has 24 heavy (non-hydrogen) atoms. The minimum atomic E-state index is -0.0137. The second-order valence-electron chi connectivity index (χ2n) is 5.41. The maximum atomic E-state index is 12.6. The van der Waals surface area contributed by atoms with Crippen molar-refractivity contribution in [2.45, 2.75) is 6.92 Å². The van der Waals surface area contributed by atoms with E-state index >= 15 is 0 Å². The fraction of sp³-hybridized carbons (Fsp3) is 0.211. The molecule has 1 amide bonds. The number of nitrogens with zero attached hydrogens (tertiary/aromatic N) is 1. The van der Waals surface area contributed by atoms with Gasteiger partial charge in [0.25, 0.3) is 5.91 Å². The number of ether oxygens (including phenoxy) is 2. The van der Waals surface area contributed by atoms with Crippen LogP contribution in [0.25, 0.3) is 11.6 Å². The van der Waals surface area contributed by atoms with Gasteiger partial charge in [-0.3, -0.25) is 4.79 Å². The van der Waals surface area contributed by atoms with Gasteiger partial charge in [-0.1, -0.05) is 18.2 Å². The van der Waals surface area contributed by atoms with Crippen molar-refractivity contribution in [3.8, 4) is 11.5 Å². The molecule has 124 valence electrons. The van der Waals surface area contributed by atoms with Gasteiger partial charge in [0.15, 0.2) is 11.5 Å². The summed E-state index contributed by atoms with van der Waals surface area (Å²) in [4.78, 5) is 14.2. The van der Waals surface area contributed by atoms with Crippen molar-refractivity contribution in [1.29, 1.82) is 0 Å². The summed E-state index contributed by atoms with van der Waals surface area (Å²) in [7, 11) is 3.39. The zero-order chi connectivity index (χ0) is 17.3. The Labute approximate surface area is 149 Å². The van der Waals surface area contributed by atoms with Crippen molar-refractivity contribution >= 4 is 39.2 Å². The minimum absolute atomic E-state index is 0.0137. The van der Waals surface area contributed by atoms with Crippen molar-refractivity contribution in [1.82, 2.24) is 0 Å². The van der Waals surface area contributed by atoms with Gasteiger partial charge >= 0.3 is 0 Å². The molecule has 0 fully saturated rings. The Bertz CT molecular complexity index is 829. The largest absolute Gasteiger partial charge is 0.493 e. The predicted molar refractivity (Wildman–Crippen MR) is 99.6 cm³/mol. The van der Waals surface area contributed by atoms with E-state index in [9.17, 15) is 4.79 Å². The van der Waals surface area contributed by atoms with Gasteiger partial charge in [0.2, 0.25) is 0 Å². The van der Waals surface area contributed by atoms with Crippen LogP contribution in [0.4, 0.5) is 5.69 Å². The van der Waals surface area contributed by atoms with Gasteiger partial charge in [-0.15, -0.1) is 0 Å². The van der Waals surface area contributed by atoms with Crippen molar-refractivity contribution in [3.63, 3.8) is 0 Å². The molecule has 1 heterocycles. The van der Waals surface area contributed by atoms with Crippen molar-refractivity contribution in [2.24, 2.45) is 0 Å². The number of benzene rings is 2. The van der Waals surface area contributed by atoms with Crippen LogP contribution in [0.3, 0.4) is 0 Å². The summed E-state index contributed by atoms with van der Waals surface area (Å²) in [5.41, 5.74) is 3.40. The van der Waals surface area contributed by atoms with Crippen molar-refractivity contribution in [3.05, 3.63) is 52.0 Å². The molecule has 0 atom stereocenters. The summed E-state index contributed by atoms with van der Waals surface area (Å²) in [5, 5.41) is 0. The third-order valence-corrected chi connectivity index (χ3v) is 4.53. The molecule has 5 heteroatoms. The van der Waals surface area contributed by atoms with E-state index < -0.39 is 0 Å². The molecule has 0 radical (unpaired) electrons. The summed E-state index contributed by atoms with van der Waals surface area (Å²) < 4.78 is 11.8. The molecular weight excluding hydrogens is 370 g/mol. The predicted octanol–water partition coefficient (Wildman–Crippen LogP) is 4.37. The molecule has 0 bridgehead atoms. The normalized spacial score (nSPS) is 14.9. The minimum Gasteiger partial charge on any atom is -0.493 e. The summed E-state index contributed by atoms with van der Waals surface area (Å²) in [5.74, 6) is 1.28. The first-order valence-electron chi connectivity index (χ1n) is 7.66. The Balaban J connectivity index is 2.09. The Hall–Kier alpha value is -2.27. The standard InChI is InChI=1S/C19H18BrNO3/c1-4-24-18-15(20)10-12(11-17(18)23-3)9-14-13-7-5-6-8-16(13)21(2)19(14)22/h5-11H,4H2,1-3H3. The Kier molecular flexibility index (Phi) is 4.62. The highest BCUT2D eigenvalue weighted by atomic mass is 79.9.